The molecular weight excluding hydrogens is 370 g/mol. The molecule has 0 aliphatic rings. The number of likely N-dealkylation sites (N-methyl/N-ethyl adjacent to an activating group) is 1. The van der Waals surface area contributed by atoms with Gasteiger partial charge < -0.3 is 9.22 Å². The van der Waals surface area contributed by atoms with Crippen molar-refractivity contribution in [1.82, 2.24) is 4.72 Å². The molecule has 0 aliphatic heterocycles. The fourth-order valence-electron chi connectivity index (χ4n) is 1.09. The van der Waals surface area contributed by atoms with Crippen molar-refractivity contribution in [3.05, 3.63) is 0 Å². The molecule has 0 bridgehead atoms. The quantitative estimate of drug-likeness (QED) is 0.552. The number of amides is 1. The van der Waals surface area contributed by atoms with Crippen LogP contribution in [-0.2, 0) is 19.6 Å². The van der Waals surface area contributed by atoms with Crippen LogP contribution >= 0.6 is 0 Å². The van der Waals surface area contributed by atoms with Crippen LogP contribution < -0.4 is 4.72 Å². The van der Waals surface area contributed by atoms with Crippen LogP contribution in [-0.4, -0.2) is 70.9 Å². The van der Waals surface area contributed by atoms with E-state index in [1.165, 1.54) is 13.1 Å². The fraction of sp³-hybridized carbons (Fsp3) is 0.909. The van der Waals surface area contributed by atoms with Gasteiger partial charge >= 0.3 is 27.6 Å². The van der Waals surface area contributed by atoms with Crippen LogP contribution in [0.2, 0.25) is 0 Å². The molecule has 1 amide bonds. The van der Waals surface area contributed by atoms with Crippen molar-refractivity contribution in [3.8, 4) is 0 Å². The summed E-state index contributed by atoms with van der Waals surface area (Å²) in [6, 6.07) is 0. The standard InChI is InChI=1S/C8H20NO.C3HF6NO3S/c1-5-9(3,6-2)7-8-10-4;4-2(5,6)1(11)10-14(12,13)3(7,8)9/h5-8H2,1-4H3;(H,10,11)/q+1;. The van der Waals surface area contributed by atoms with E-state index in [0.717, 1.165) is 17.6 Å². The molecule has 0 unspecified atom stereocenters. The van der Waals surface area contributed by atoms with Crippen LogP contribution in [0.1, 0.15) is 13.8 Å². The second kappa shape index (κ2) is 9.42. The highest BCUT2D eigenvalue weighted by Crippen LogP contribution is 2.23. The van der Waals surface area contributed by atoms with E-state index in [1.54, 1.807) is 7.11 Å². The molecule has 24 heavy (non-hydrogen) atoms. The maximum Gasteiger partial charge on any atom is 0.516 e. The molecule has 0 atom stereocenters. The predicted octanol–water partition coefficient (Wildman–Crippen LogP) is 1.63. The molecule has 6 nitrogen and oxygen atoms in total. The Morgan fingerprint density at radius 3 is 1.75 bits per heavy atom. The van der Waals surface area contributed by atoms with Gasteiger partial charge in [-0.15, -0.1) is 0 Å². The maximum atomic E-state index is 11.4. The van der Waals surface area contributed by atoms with Crippen molar-refractivity contribution < 1.29 is 48.8 Å². The Hall–Kier alpha value is -1.08. The highest BCUT2D eigenvalue weighted by Gasteiger charge is 2.51. The Labute approximate surface area is 136 Å². The number of methoxy groups -OCH3 is 1. The second-order valence-electron chi connectivity index (χ2n) is 4.85. The number of carbonyl (C=O) groups excluding carboxylic acids is 1. The monoisotopic (exact) mass is 391 g/mol. The Morgan fingerprint density at radius 2 is 1.50 bits per heavy atom. The second-order valence-corrected chi connectivity index (χ2v) is 6.52. The summed E-state index contributed by atoms with van der Waals surface area (Å²) >= 11 is 0. The number of rotatable bonds is 6. The van der Waals surface area contributed by atoms with Gasteiger partial charge in [0.15, 0.2) is 0 Å². The number of hydrogen-bond acceptors (Lipinski definition) is 4. The number of quaternary nitrogens is 1. The highest BCUT2D eigenvalue weighted by atomic mass is 32.2. The molecule has 0 saturated carbocycles. The summed E-state index contributed by atoms with van der Waals surface area (Å²) in [5.74, 6) is -3.20. The smallest absolute Gasteiger partial charge is 0.379 e. The molecular formula is C11H21F6N2O4S+. The Morgan fingerprint density at radius 1 is 1.08 bits per heavy atom. The molecule has 0 aromatic carbocycles. The summed E-state index contributed by atoms with van der Waals surface area (Å²) in [5, 5.41) is 0. The van der Waals surface area contributed by atoms with Crippen LogP contribution in [0, 0.1) is 0 Å². The average molecular weight is 391 g/mol. The minimum atomic E-state index is -6.30. The summed E-state index contributed by atoms with van der Waals surface area (Å²) in [6.45, 7) is 8.83. The third-order valence-corrected chi connectivity index (χ3v) is 4.21. The van der Waals surface area contributed by atoms with Crippen LogP contribution in [0.25, 0.3) is 0 Å². The van der Waals surface area contributed by atoms with Gasteiger partial charge in [0.2, 0.25) is 0 Å². The number of nitrogens with one attached hydrogen (secondary N) is 1. The van der Waals surface area contributed by atoms with Gasteiger partial charge in [-0.3, -0.25) is 4.79 Å². The Bertz CT molecular complexity index is 486. The van der Waals surface area contributed by atoms with E-state index in [2.05, 4.69) is 20.9 Å². The van der Waals surface area contributed by atoms with E-state index < -0.39 is 27.6 Å². The lowest BCUT2D eigenvalue weighted by atomic mass is 10.4. The number of nitrogens with zero attached hydrogens (tertiary/aromatic N) is 1. The fourth-order valence-corrected chi connectivity index (χ4v) is 1.56. The van der Waals surface area contributed by atoms with E-state index in [9.17, 15) is 39.6 Å². The first-order chi connectivity index (χ1) is 10.6. The van der Waals surface area contributed by atoms with E-state index in [4.69, 9.17) is 4.74 Å². The molecule has 0 aromatic rings. The van der Waals surface area contributed by atoms with Crippen molar-refractivity contribution >= 4 is 15.9 Å². The van der Waals surface area contributed by atoms with Gasteiger partial charge in [-0.25, -0.2) is 4.72 Å². The van der Waals surface area contributed by atoms with Crippen LogP contribution in [0.15, 0.2) is 0 Å². The van der Waals surface area contributed by atoms with Gasteiger partial charge in [-0.2, -0.15) is 34.8 Å². The van der Waals surface area contributed by atoms with E-state index in [-0.39, 0.29) is 4.72 Å². The lowest BCUT2D eigenvalue weighted by Gasteiger charge is -2.31. The number of halogens is 6. The van der Waals surface area contributed by atoms with Gasteiger partial charge in [-0.1, -0.05) is 0 Å². The van der Waals surface area contributed by atoms with Gasteiger partial charge in [0.1, 0.15) is 6.54 Å². The molecule has 0 rings (SSSR count). The minimum absolute atomic E-state index is 0.181. The number of alkyl halides is 6. The Kier molecular flexibility index (Phi) is 9.87. The first kappa shape index (κ1) is 25.2. The lowest BCUT2D eigenvalue weighted by Crippen LogP contribution is -2.46. The average Bonchev–Trinajstić information content (AvgIpc) is 2.43. The van der Waals surface area contributed by atoms with Crippen molar-refractivity contribution in [3.63, 3.8) is 0 Å². The molecule has 0 spiro atoms. The number of carbonyl (C=O) groups is 1. The predicted molar refractivity (Wildman–Crippen MR) is 73.2 cm³/mol. The molecule has 0 radical (unpaired) electrons. The molecule has 0 fully saturated rings. The van der Waals surface area contributed by atoms with Crippen molar-refractivity contribution in [2.45, 2.75) is 25.5 Å². The summed E-state index contributed by atoms with van der Waals surface area (Å²) in [6.07, 6.45) is -5.70. The molecule has 1 N–H and O–H groups in total. The van der Waals surface area contributed by atoms with Gasteiger partial charge in [0.05, 0.1) is 26.7 Å². The van der Waals surface area contributed by atoms with E-state index >= 15 is 0 Å². The van der Waals surface area contributed by atoms with Crippen LogP contribution in [0.5, 0.6) is 0 Å². The molecule has 0 heterocycles. The van der Waals surface area contributed by atoms with Crippen LogP contribution in [0.3, 0.4) is 0 Å². The summed E-state index contributed by atoms with van der Waals surface area (Å²) < 4.78 is 94.1. The largest absolute Gasteiger partial charge is 0.516 e. The van der Waals surface area contributed by atoms with Crippen molar-refractivity contribution in [2.75, 3.05) is 40.4 Å². The molecule has 0 aromatic heterocycles. The molecule has 0 saturated heterocycles. The highest BCUT2D eigenvalue weighted by molar-refractivity contribution is 7.90. The summed E-state index contributed by atoms with van der Waals surface area (Å²) in [4.78, 5) is 9.81. The van der Waals surface area contributed by atoms with Gasteiger partial charge in [0, 0.05) is 7.11 Å². The van der Waals surface area contributed by atoms with Gasteiger partial charge in [-0.05, 0) is 13.8 Å². The summed E-state index contributed by atoms with van der Waals surface area (Å²) in [5.41, 5.74) is -5.96. The van der Waals surface area contributed by atoms with Gasteiger partial charge in [0.25, 0.3) is 0 Å². The van der Waals surface area contributed by atoms with E-state index in [1.807, 2.05) is 0 Å². The normalized spacial score (nSPS) is 13.1. The molecule has 13 heteroatoms. The first-order valence-electron chi connectivity index (χ1n) is 6.59. The first-order valence-corrected chi connectivity index (χ1v) is 8.07. The number of sulfonamides is 1. The number of hydrogen-bond donors (Lipinski definition) is 1. The zero-order chi connectivity index (χ0) is 19.8. The van der Waals surface area contributed by atoms with Crippen LogP contribution in [0.4, 0.5) is 26.3 Å². The summed E-state index contributed by atoms with van der Waals surface area (Å²) in [7, 11) is -2.28. The molecule has 0 aliphatic carbocycles. The topological polar surface area (TPSA) is 72.5 Å². The minimum Gasteiger partial charge on any atom is -0.379 e. The van der Waals surface area contributed by atoms with Crippen molar-refractivity contribution in [2.24, 2.45) is 0 Å². The maximum absolute atomic E-state index is 11.4. The SMILES string of the molecule is CC[N+](C)(CC)CCOC.O=C(NS(=O)(=O)C(F)(F)F)C(F)(F)F. The third kappa shape index (κ3) is 9.27. The number of ether oxygens (including phenoxy) is 1. The zero-order valence-electron chi connectivity index (χ0n) is 13.6. The lowest BCUT2D eigenvalue weighted by molar-refractivity contribution is -0.906. The molecule has 146 valence electrons. The zero-order valence-corrected chi connectivity index (χ0v) is 14.4. The van der Waals surface area contributed by atoms with E-state index in [0.29, 0.717) is 0 Å². The Balaban J connectivity index is 0. The van der Waals surface area contributed by atoms with Crippen molar-refractivity contribution in [1.29, 1.82) is 0 Å². The third-order valence-electron chi connectivity index (χ3n) is 3.15.